The van der Waals surface area contributed by atoms with Crippen molar-refractivity contribution in [1.82, 2.24) is 30.7 Å². The van der Waals surface area contributed by atoms with E-state index in [1.54, 1.807) is 39.0 Å². The van der Waals surface area contributed by atoms with Gasteiger partial charge in [0, 0.05) is 102 Å². The third kappa shape index (κ3) is 46.5. The van der Waals surface area contributed by atoms with E-state index in [4.69, 9.17) is 33.2 Å². The van der Waals surface area contributed by atoms with Crippen molar-refractivity contribution in [2.45, 2.75) is 177 Å². The zero-order valence-corrected chi connectivity index (χ0v) is 87.5. The second-order valence-corrected chi connectivity index (χ2v) is 31.6. The van der Waals surface area contributed by atoms with Crippen LogP contribution in [0.1, 0.15) is 123 Å². The fraction of sp³-hybridized carbons (Fsp3) is 0.484. The Bertz CT molecular complexity index is 4650. The van der Waals surface area contributed by atoms with Crippen LogP contribution in [0.4, 0.5) is 26.3 Å². The Morgan fingerprint density at radius 1 is 0.416 bits per heavy atom. The number of nitrogens with one attached hydrogen (secondary N) is 3. The van der Waals surface area contributed by atoms with Crippen molar-refractivity contribution in [3.8, 4) is 17.2 Å². The van der Waals surface area contributed by atoms with E-state index in [9.17, 15) is 89.0 Å². The number of benzene rings is 6. The maximum Gasteiger partial charge on any atom is 1.00 e. The van der Waals surface area contributed by atoms with E-state index < -0.39 is 121 Å². The normalized spacial score (nSPS) is 20.7. The first kappa shape index (κ1) is 134. The van der Waals surface area contributed by atoms with Gasteiger partial charge in [0.1, 0.15) is 43.1 Å². The van der Waals surface area contributed by atoms with Crippen LogP contribution in [-0.4, -0.2) is 237 Å². The van der Waals surface area contributed by atoms with E-state index in [0.29, 0.717) is 120 Å². The number of amides is 6. The van der Waals surface area contributed by atoms with Crippen LogP contribution in [0, 0.1) is 17.8 Å². The van der Waals surface area contributed by atoms with Gasteiger partial charge >= 0.3 is 53.8 Å². The number of Topliss-reactive ketones (excluding diaryl/α,β-unsaturated/α-hetero) is 4. The summed E-state index contributed by atoms with van der Waals surface area (Å²) in [6.45, 7) is 0.438. The molecule has 6 aliphatic heterocycles. The number of halogens is 6. The monoisotopic (exact) mass is 2110 g/mol. The number of hydrogen-bond donors (Lipinski definition) is 5. The van der Waals surface area contributed by atoms with Crippen molar-refractivity contribution < 1.29 is 157 Å². The number of ketones is 4. The minimum Gasteiger partial charge on any atom is -0.870 e. The van der Waals surface area contributed by atoms with Gasteiger partial charge in [-0.1, -0.05) is 127 Å². The Kier molecular flexibility index (Phi) is 67.9. The number of aliphatic carboxylic acids is 1. The number of nitrogens with two attached hydrogens (primary N) is 1. The first-order valence-electron chi connectivity index (χ1n) is 42.5. The average molecular weight is 2110 g/mol. The van der Waals surface area contributed by atoms with Crippen molar-refractivity contribution in [3.63, 3.8) is 0 Å². The van der Waals surface area contributed by atoms with Gasteiger partial charge in [0.25, 0.3) is 0 Å². The Morgan fingerprint density at radius 2 is 0.708 bits per heavy atom. The smallest absolute Gasteiger partial charge is 0.870 e. The molecule has 760 valence electrons. The molecule has 0 aliphatic carbocycles. The zero-order chi connectivity index (χ0) is 90.6. The molecule has 3 fully saturated rings. The number of hydrogen-bond acceptors (Lipinski definition) is 21. The van der Waals surface area contributed by atoms with Crippen molar-refractivity contribution in [2.24, 2.45) is 23.5 Å². The molecule has 6 heterocycles. The summed E-state index contributed by atoms with van der Waals surface area (Å²) in [4.78, 5) is 162. The van der Waals surface area contributed by atoms with Crippen molar-refractivity contribution in [3.05, 3.63) is 197 Å². The molecular formula is C93H130F6N7NaO21S9. The fourth-order valence-electron chi connectivity index (χ4n) is 15.5. The second kappa shape index (κ2) is 69.6. The number of alkyl halides is 6. The van der Waals surface area contributed by atoms with Gasteiger partial charge in [0.2, 0.25) is 35.4 Å². The molecule has 0 unspecified atom stereocenters. The van der Waals surface area contributed by atoms with Crippen molar-refractivity contribution in [2.75, 3.05) is 92.8 Å². The number of nitrogens with zero attached hydrogens (tertiary/aromatic N) is 3. The Hall–Kier alpha value is -7.31. The number of ether oxygens (including phenoxy) is 7. The summed E-state index contributed by atoms with van der Waals surface area (Å²) in [7, 11) is 1.25. The molecular weight excluding hydrogens is 1980 g/mol. The molecule has 3 saturated heterocycles. The van der Waals surface area contributed by atoms with Crippen LogP contribution < -0.4 is 65.5 Å². The maximum absolute atomic E-state index is 13.9. The van der Waals surface area contributed by atoms with Crippen molar-refractivity contribution >= 4 is 192 Å². The van der Waals surface area contributed by atoms with E-state index in [0.717, 1.165) is 33.4 Å². The number of methoxy groups -OCH3 is 1. The molecule has 0 aromatic heterocycles. The number of carboxylic acid groups (broad SMARTS) is 1. The minimum atomic E-state index is -4.53. The average Bonchev–Trinajstić information content (AvgIpc) is 1.75. The summed E-state index contributed by atoms with van der Waals surface area (Å²) in [6.07, 6.45) is -4.56. The molecule has 9 atom stereocenters. The SMILES string of the molecule is COC(=O)[C@@H]1COCCOc2cccc(c2)C[C@H](N2CCCC2=O)C(=O)C[C@@H](CCc2ccccc2)C(=O)N1.NCC(F)(F)F.O=C1N[C@H](C(=O)CCC(F)(F)F)COCCOc2cccc(c2)C[C@H](N2CCCC2=O)C(=O)C[C@H]1CCc1ccccc1.O=C1N[C@H](C(=O)O)COCCOc2cccc(c2)C[C@H](N2CCCC2=O)C(=O)C[C@H]1CCc1ccccc1.S.S.S.S.S.S.S.S.S.[Na+].[OH-]. The summed E-state index contributed by atoms with van der Waals surface area (Å²) in [5.74, 6) is -5.74. The first-order chi connectivity index (χ1) is 60.5. The molecule has 6 bridgehead atoms. The molecule has 0 spiro atoms. The number of carboxylic acids is 1. The molecule has 44 heteroatoms. The van der Waals surface area contributed by atoms with Crippen LogP contribution in [0.25, 0.3) is 0 Å². The molecule has 6 amide bonds. The van der Waals surface area contributed by atoms with Gasteiger partial charge < -0.3 is 80.1 Å². The topological polar surface area (TPSA) is 392 Å². The van der Waals surface area contributed by atoms with Gasteiger partial charge in [-0.2, -0.15) is 148 Å². The molecule has 0 radical (unpaired) electrons. The van der Waals surface area contributed by atoms with Crippen LogP contribution in [-0.2, 0) is 115 Å². The standard InChI is InChI=1S/C32H37F3N2O6.C30H36N2O7.C29H34N2O7.C2H4F3N.Na.H2O.9H2S/c33-32(34,35)14-13-28(38)26-21-42-16-17-43-25-9-4-8-23(18-25)19-27(37-15-5-10-30(37)40)29(39)20-24(31(41)36-26)12-11-22-6-2-1-3-7-22;1-37-30(36)25-20-38-15-16-39-24-10-5-9-22(17-24)18-26(32-14-6-11-28(32)34)27(33)19-23(29(35)31-25)13-12-21-7-3-2-4-8-21;32-26-18-22(12-11-20-6-2-1-3-7-20)28(34)30-24(29(35)36)19-37-14-15-38-23-9-4-8-21(16-23)17-25(26)31-13-5-10-27(31)33;3-2(4,5)1-6;;;;;;;;;;;/h1-4,6-9,18,24,26-27H,5,10-17,19-21H2,(H,36,41);2-5,7-10,17,23,25-26H,6,11-16,18-20H2,1H3,(H,31,35);1-4,6-9,16,22,24-25H,5,10-15,17-19H2,(H,30,34)(H,35,36);1,6H2;;10*1H2/q;;;;+1;;;;;;;;;;/p-1/t24-,26+,27+;23-,25+,26+;22-,24+,25+;;;;;;;;;;;;/m111............/s1. The molecule has 6 aliphatic rings. The predicted molar refractivity (Wildman–Crippen MR) is 543 cm³/mol. The molecule has 7 N–H and O–H groups in total. The summed E-state index contributed by atoms with van der Waals surface area (Å²) in [5.41, 5.74) is 9.70. The van der Waals surface area contributed by atoms with Gasteiger partial charge in [-0.05, 0) is 128 Å². The van der Waals surface area contributed by atoms with Crippen LogP contribution >= 0.6 is 121 Å². The fourth-order valence-corrected chi connectivity index (χ4v) is 15.5. The molecule has 137 heavy (non-hydrogen) atoms. The Balaban J connectivity index is -0.00000184. The number of aryl methyl sites for hydroxylation is 3. The van der Waals surface area contributed by atoms with Gasteiger partial charge in [0.15, 0.2) is 35.2 Å². The molecule has 0 saturated carbocycles. The quantitative estimate of drug-likeness (QED) is 0.0335. The van der Waals surface area contributed by atoms with Crippen LogP contribution in [0.5, 0.6) is 17.2 Å². The number of carbonyl (C=O) groups excluding carboxylic acids is 11. The Morgan fingerprint density at radius 3 is 0.985 bits per heavy atom. The van der Waals surface area contributed by atoms with E-state index in [1.165, 1.54) is 7.11 Å². The number of rotatable bonds is 17. The molecule has 12 rings (SSSR count). The summed E-state index contributed by atoms with van der Waals surface area (Å²) >= 11 is 0. The summed E-state index contributed by atoms with van der Waals surface area (Å²) in [5, 5.41) is 17.6. The van der Waals surface area contributed by atoms with Crippen LogP contribution in [0.3, 0.4) is 0 Å². The largest absolute Gasteiger partial charge is 1.00 e. The first-order valence-corrected chi connectivity index (χ1v) is 42.5. The summed E-state index contributed by atoms with van der Waals surface area (Å²) in [6, 6.07) is 44.9. The van der Waals surface area contributed by atoms with Crippen LogP contribution in [0.15, 0.2) is 164 Å². The van der Waals surface area contributed by atoms with Gasteiger partial charge in [0.05, 0.1) is 77.8 Å². The van der Waals surface area contributed by atoms with Gasteiger partial charge in [-0.15, -0.1) is 0 Å². The number of likely N-dealkylation sites (tertiary alicyclic amines) is 3. The molecule has 6 aromatic carbocycles. The minimum absolute atomic E-state index is 0. The second-order valence-electron chi connectivity index (χ2n) is 31.6. The van der Waals surface area contributed by atoms with Crippen LogP contribution in [0.2, 0.25) is 0 Å². The van der Waals surface area contributed by atoms with E-state index in [1.807, 2.05) is 140 Å². The van der Waals surface area contributed by atoms with Crippen molar-refractivity contribution in [1.29, 1.82) is 0 Å². The molecule has 28 nitrogen and oxygen atoms in total. The number of carbonyl (C=O) groups is 12. The summed E-state index contributed by atoms with van der Waals surface area (Å²) < 4.78 is 109. The predicted octanol–water partition coefficient (Wildman–Crippen LogP) is 7.49. The third-order valence-electron chi connectivity index (χ3n) is 22.2. The Labute approximate surface area is 880 Å². The third-order valence-corrected chi connectivity index (χ3v) is 22.2. The van der Waals surface area contributed by atoms with E-state index in [-0.39, 0.29) is 283 Å². The number of esters is 1. The van der Waals surface area contributed by atoms with E-state index >= 15 is 0 Å². The van der Waals surface area contributed by atoms with Gasteiger partial charge in [-0.25, -0.2) is 9.59 Å². The molecule has 6 aromatic rings. The zero-order valence-electron chi connectivity index (χ0n) is 76.5. The van der Waals surface area contributed by atoms with E-state index in [2.05, 4.69) is 21.7 Å². The number of fused-ring (bicyclic) bond motifs is 6. The maximum atomic E-state index is 13.9. The van der Waals surface area contributed by atoms with Gasteiger partial charge in [-0.3, -0.25) is 47.9 Å².